The maximum Gasteiger partial charge on any atom is 0.326 e. The number of sulfonamides is 1. The molecule has 0 radical (unpaired) electrons. The van der Waals surface area contributed by atoms with Crippen LogP contribution in [0.5, 0.6) is 0 Å². The van der Waals surface area contributed by atoms with Crippen LogP contribution in [-0.4, -0.2) is 73.2 Å². The first-order chi connectivity index (χ1) is 9.75. The van der Waals surface area contributed by atoms with E-state index in [1.165, 1.54) is 9.21 Å². The second kappa shape index (κ2) is 7.60. The zero-order chi connectivity index (χ0) is 16.0. The number of urea groups is 1. The third kappa shape index (κ3) is 5.50. The molecule has 8 nitrogen and oxygen atoms in total. The lowest BCUT2D eigenvalue weighted by molar-refractivity contribution is -0.139. The van der Waals surface area contributed by atoms with Crippen LogP contribution in [0.25, 0.3) is 0 Å². The summed E-state index contributed by atoms with van der Waals surface area (Å²) >= 11 is 0. The number of nitrogens with zero attached hydrogens (tertiary/aromatic N) is 2. The Hall–Kier alpha value is -1.35. The molecule has 0 aliphatic carbocycles. The lowest BCUT2D eigenvalue weighted by atomic mass is 10.1. The number of hydrogen-bond donors (Lipinski definition) is 2. The summed E-state index contributed by atoms with van der Waals surface area (Å²) in [6.45, 7) is 2.95. The van der Waals surface area contributed by atoms with Crippen LogP contribution in [0, 0.1) is 0 Å². The molecule has 1 rings (SSSR count). The van der Waals surface area contributed by atoms with Crippen molar-refractivity contribution in [1.29, 1.82) is 0 Å². The van der Waals surface area contributed by atoms with Gasteiger partial charge < -0.3 is 15.3 Å². The predicted octanol–water partition coefficient (Wildman–Crippen LogP) is -0.0834. The van der Waals surface area contributed by atoms with Gasteiger partial charge in [0.15, 0.2) is 0 Å². The molecule has 1 fully saturated rings. The van der Waals surface area contributed by atoms with Crippen LogP contribution in [0.1, 0.15) is 26.2 Å². The maximum absolute atomic E-state index is 12.0. The molecule has 0 bridgehead atoms. The number of carbonyl (C=O) groups excluding carboxylic acids is 1. The number of carbonyl (C=O) groups is 2. The molecular formula is C12H23N3O5S. The van der Waals surface area contributed by atoms with E-state index in [-0.39, 0.29) is 26.2 Å². The minimum Gasteiger partial charge on any atom is -0.480 e. The zero-order valence-corrected chi connectivity index (χ0v) is 13.2. The monoisotopic (exact) mass is 321 g/mol. The molecule has 1 unspecified atom stereocenters. The van der Waals surface area contributed by atoms with Crippen molar-refractivity contribution >= 4 is 22.0 Å². The van der Waals surface area contributed by atoms with E-state index < -0.39 is 28.1 Å². The molecule has 1 aliphatic heterocycles. The molecule has 21 heavy (non-hydrogen) atoms. The van der Waals surface area contributed by atoms with Crippen LogP contribution in [-0.2, 0) is 14.8 Å². The first kappa shape index (κ1) is 17.7. The molecule has 2 amide bonds. The van der Waals surface area contributed by atoms with Gasteiger partial charge in [-0.05, 0) is 6.42 Å². The van der Waals surface area contributed by atoms with Crippen LogP contribution < -0.4 is 5.32 Å². The van der Waals surface area contributed by atoms with E-state index in [1.807, 2.05) is 6.92 Å². The normalized spacial score (nSPS) is 18.3. The molecule has 1 atom stereocenters. The van der Waals surface area contributed by atoms with Gasteiger partial charge in [0.05, 0.1) is 6.26 Å². The average Bonchev–Trinajstić information content (AvgIpc) is 2.42. The van der Waals surface area contributed by atoms with Gasteiger partial charge in [-0.25, -0.2) is 18.0 Å². The van der Waals surface area contributed by atoms with Crippen LogP contribution in [0.2, 0.25) is 0 Å². The van der Waals surface area contributed by atoms with Crippen molar-refractivity contribution in [2.75, 3.05) is 32.4 Å². The van der Waals surface area contributed by atoms with Gasteiger partial charge in [-0.2, -0.15) is 4.31 Å². The Labute approximate surface area is 125 Å². The molecule has 9 heteroatoms. The van der Waals surface area contributed by atoms with E-state index in [2.05, 4.69) is 5.32 Å². The zero-order valence-electron chi connectivity index (χ0n) is 12.4. The first-order valence-electron chi connectivity index (χ1n) is 6.99. The molecule has 1 aliphatic rings. The molecule has 1 heterocycles. The van der Waals surface area contributed by atoms with E-state index >= 15 is 0 Å². The van der Waals surface area contributed by atoms with Crippen molar-refractivity contribution in [2.24, 2.45) is 0 Å². The summed E-state index contributed by atoms with van der Waals surface area (Å²) in [4.78, 5) is 24.6. The van der Waals surface area contributed by atoms with Crippen LogP contribution in [0.4, 0.5) is 4.79 Å². The highest BCUT2D eigenvalue weighted by Crippen LogP contribution is 2.07. The van der Waals surface area contributed by atoms with E-state index in [0.717, 1.165) is 19.1 Å². The lowest BCUT2D eigenvalue weighted by Gasteiger charge is -2.33. The van der Waals surface area contributed by atoms with Crippen LogP contribution in [0.15, 0.2) is 0 Å². The summed E-state index contributed by atoms with van der Waals surface area (Å²) in [5, 5.41) is 11.6. The highest BCUT2D eigenvalue weighted by molar-refractivity contribution is 7.88. The number of carboxylic acids is 1. The van der Waals surface area contributed by atoms with Gasteiger partial charge in [0.2, 0.25) is 10.0 Å². The van der Waals surface area contributed by atoms with Crippen molar-refractivity contribution in [3.8, 4) is 0 Å². The maximum atomic E-state index is 12.0. The highest BCUT2D eigenvalue weighted by atomic mass is 32.2. The Morgan fingerprint density at radius 1 is 1.24 bits per heavy atom. The number of hydrogen-bond acceptors (Lipinski definition) is 4. The van der Waals surface area contributed by atoms with Crippen molar-refractivity contribution in [1.82, 2.24) is 14.5 Å². The summed E-state index contributed by atoms with van der Waals surface area (Å²) in [5.74, 6) is -1.05. The minimum atomic E-state index is -3.24. The fourth-order valence-corrected chi connectivity index (χ4v) is 2.96. The smallest absolute Gasteiger partial charge is 0.326 e. The van der Waals surface area contributed by atoms with E-state index in [9.17, 15) is 18.0 Å². The van der Waals surface area contributed by atoms with E-state index in [0.29, 0.717) is 6.42 Å². The number of amides is 2. The summed E-state index contributed by atoms with van der Waals surface area (Å²) in [7, 11) is -3.24. The Balaban J connectivity index is 2.51. The van der Waals surface area contributed by atoms with Crippen LogP contribution >= 0.6 is 0 Å². The van der Waals surface area contributed by atoms with Gasteiger partial charge in [-0.1, -0.05) is 19.8 Å². The molecule has 1 saturated heterocycles. The fourth-order valence-electron chi connectivity index (χ4n) is 2.13. The van der Waals surface area contributed by atoms with Crippen molar-refractivity contribution in [3.63, 3.8) is 0 Å². The molecule has 122 valence electrons. The van der Waals surface area contributed by atoms with Gasteiger partial charge in [0, 0.05) is 26.2 Å². The van der Waals surface area contributed by atoms with Crippen LogP contribution in [0.3, 0.4) is 0 Å². The first-order valence-corrected chi connectivity index (χ1v) is 8.84. The molecule has 0 aromatic heterocycles. The van der Waals surface area contributed by atoms with Crippen molar-refractivity contribution < 1.29 is 23.1 Å². The Morgan fingerprint density at radius 2 is 1.81 bits per heavy atom. The molecule has 0 saturated carbocycles. The Kier molecular flexibility index (Phi) is 6.41. The molecule has 0 spiro atoms. The third-order valence-corrected chi connectivity index (χ3v) is 4.74. The summed E-state index contributed by atoms with van der Waals surface area (Å²) in [6, 6.07) is -1.35. The molecule has 2 N–H and O–H groups in total. The largest absolute Gasteiger partial charge is 0.480 e. The van der Waals surface area contributed by atoms with Gasteiger partial charge in [-0.3, -0.25) is 0 Å². The quantitative estimate of drug-likeness (QED) is 0.711. The Bertz CT molecular complexity index is 471. The number of carboxylic acid groups (broad SMARTS) is 1. The average molecular weight is 321 g/mol. The van der Waals surface area contributed by atoms with Gasteiger partial charge in [-0.15, -0.1) is 0 Å². The summed E-state index contributed by atoms with van der Waals surface area (Å²) < 4.78 is 24.1. The van der Waals surface area contributed by atoms with Gasteiger partial charge in [0.25, 0.3) is 0 Å². The highest BCUT2D eigenvalue weighted by Gasteiger charge is 2.28. The molecule has 0 aromatic rings. The Morgan fingerprint density at radius 3 is 2.24 bits per heavy atom. The number of rotatable bonds is 6. The number of piperazine rings is 1. The second-order valence-corrected chi connectivity index (χ2v) is 7.11. The third-order valence-electron chi connectivity index (χ3n) is 3.44. The second-order valence-electron chi connectivity index (χ2n) is 5.13. The summed E-state index contributed by atoms with van der Waals surface area (Å²) in [6.07, 6.45) is 3.10. The van der Waals surface area contributed by atoms with Crippen molar-refractivity contribution in [3.05, 3.63) is 0 Å². The number of nitrogens with one attached hydrogen (secondary N) is 1. The minimum absolute atomic E-state index is 0.235. The van der Waals surface area contributed by atoms with E-state index in [4.69, 9.17) is 5.11 Å². The molecular weight excluding hydrogens is 298 g/mol. The van der Waals surface area contributed by atoms with E-state index in [1.54, 1.807) is 0 Å². The fraction of sp³-hybridized carbons (Fsp3) is 0.833. The SMILES string of the molecule is CCCCC(NC(=O)N1CCN(S(C)(=O)=O)CC1)C(=O)O. The lowest BCUT2D eigenvalue weighted by Crippen LogP contribution is -2.55. The predicted molar refractivity (Wildman–Crippen MR) is 77.5 cm³/mol. The summed E-state index contributed by atoms with van der Waals surface area (Å²) in [5.41, 5.74) is 0. The van der Waals surface area contributed by atoms with Gasteiger partial charge in [0.1, 0.15) is 6.04 Å². The van der Waals surface area contributed by atoms with Gasteiger partial charge >= 0.3 is 12.0 Å². The standard InChI is InChI=1S/C12H23N3O5S/c1-3-4-5-10(11(16)17)13-12(18)14-6-8-15(9-7-14)21(2,19)20/h10H,3-9H2,1-2H3,(H,13,18)(H,16,17). The number of unbranched alkanes of at least 4 members (excludes halogenated alkanes) is 1. The topological polar surface area (TPSA) is 107 Å². The molecule has 0 aromatic carbocycles. The number of aliphatic carboxylic acids is 1. The van der Waals surface area contributed by atoms with Crippen molar-refractivity contribution in [2.45, 2.75) is 32.2 Å².